The summed E-state index contributed by atoms with van der Waals surface area (Å²) in [5.41, 5.74) is 0.590. The summed E-state index contributed by atoms with van der Waals surface area (Å²) in [4.78, 5) is 18.7. The largest absolute Gasteiger partial charge is 0.314 e. The summed E-state index contributed by atoms with van der Waals surface area (Å²) >= 11 is 13.8. The van der Waals surface area contributed by atoms with E-state index >= 15 is 0 Å². The molecular weight excluding hydrogens is 415 g/mol. The minimum atomic E-state index is -3.13. The lowest BCUT2D eigenvalue weighted by molar-refractivity contribution is -0.121. The van der Waals surface area contributed by atoms with Gasteiger partial charge in [-0.15, -0.1) is 0 Å². The van der Waals surface area contributed by atoms with Crippen molar-refractivity contribution in [2.45, 2.75) is 38.0 Å². The maximum Gasteiger partial charge on any atom is 0.251 e. The third kappa shape index (κ3) is 3.91. The number of carbonyl (C=O) groups is 1. The predicted octanol–water partition coefficient (Wildman–Crippen LogP) is 4.03. The zero-order valence-corrected chi connectivity index (χ0v) is 17.6. The van der Waals surface area contributed by atoms with Gasteiger partial charge in [0, 0.05) is 16.2 Å². The van der Waals surface area contributed by atoms with Crippen molar-refractivity contribution in [2.75, 3.05) is 16.4 Å². The molecule has 1 amide bonds. The Hall–Kier alpha value is -0.760. The highest BCUT2D eigenvalue weighted by Gasteiger charge is 2.50. The molecule has 9 heteroatoms. The number of thioether (sulfide) groups is 1. The van der Waals surface area contributed by atoms with Gasteiger partial charge in [0.25, 0.3) is 5.91 Å². The lowest BCUT2D eigenvalue weighted by atomic mass is 10.0. The average Bonchev–Trinajstić information content (AvgIpc) is 3.02. The fourth-order valence-electron chi connectivity index (χ4n) is 3.34. The molecule has 5 nitrogen and oxygen atoms in total. The summed E-state index contributed by atoms with van der Waals surface area (Å²) < 4.78 is 24.2. The fraction of sp³-hybridized carbons (Fsp3) is 0.529. The van der Waals surface area contributed by atoms with E-state index in [0.717, 1.165) is 12.8 Å². The molecule has 0 N–H and O–H groups in total. The van der Waals surface area contributed by atoms with Crippen LogP contribution in [0.15, 0.2) is 23.2 Å². The number of anilines is 1. The van der Waals surface area contributed by atoms with Crippen LogP contribution in [-0.2, 0) is 14.6 Å². The van der Waals surface area contributed by atoms with Crippen LogP contribution in [0.5, 0.6) is 0 Å². The van der Waals surface area contributed by atoms with E-state index < -0.39 is 9.84 Å². The molecule has 2 aliphatic heterocycles. The Kier molecular flexibility index (Phi) is 5.92. The van der Waals surface area contributed by atoms with Gasteiger partial charge in [-0.3, -0.25) is 4.79 Å². The lowest BCUT2D eigenvalue weighted by Crippen LogP contribution is -2.38. The first kappa shape index (κ1) is 20.0. The highest BCUT2D eigenvalue weighted by molar-refractivity contribution is 8.16. The molecule has 0 spiro atoms. The van der Waals surface area contributed by atoms with E-state index in [1.165, 1.54) is 11.8 Å². The van der Waals surface area contributed by atoms with E-state index in [-0.39, 0.29) is 34.6 Å². The van der Waals surface area contributed by atoms with E-state index in [4.69, 9.17) is 23.2 Å². The maximum absolute atomic E-state index is 12.5. The third-order valence-electron chi connectivity index (χ3n) is 4.77. The first-order chi connectivity index (χ1) is 12.3. The van der Waals surface area contributed by atoms with Crippen molar-refractivity contribution in [1.82, 2.24) is 0 Å². The molecule has 2 atom stereocenters. The first-order valence-corrected chi connectivity index (χ1v) is 11.9. The molecule has 0 radical (unpaired) electrons. The van der Waals surface area contributed by atoms with Crippen LogP contribution in [0.3, 0.4) is 0 Å². The van der Waals surface area contributed by atoms with E-state index in [1.807, 2.05) is 13.8 Å². The second kappa shape index (κ2) is 7.70. The Balaban J connectivity index is 2.04. The highest BCUT2D eigenvalue weighted by atomic mass is 35.5. The van der Waals surface area contributed by atoms with Crippen LogP contribution >= 0.6 is 35.0 Å². The number of aliphatic imine (C=N–C) groups is 1. The molecule has 0 aliphatic carbocycles. The number of amides is 1. The van der Waals surface area contributed by atoms with Gasteiger partial charge in [0.05, 0.1) is 28.3 Å². The summed E-state index contributed by atoms with van der Waals surface area (Å²) in [6, 6.07) is 4.73. The molecule has 0 unspecified atom stereocenters. The summed E-state index contributed by atoms with van der Waals surface area (Å²) in [6.07, 6.45) is 1.44. The SMILES string of the molecule is CCC(CC)C(=O)N=C1S[C@@H]2CS(=O)(=O)C[C@H]2N1c1cc(Cl)ccc1Cl. The van der Waals surface area contributed by atoms with Gasteiger partial charge in [-0.25, -0.2) is 8.42 Å². The zero-order chi connectivity index (χ0) is 19.1. The number of halogens is 2. The monoisotopic (exact) mass is 434 g/mol. The molecule has 142 valence electrons. The number of hydrogen-bond donors (Lipinski definition) is 0. The first-order valence-electron chi connectivity index (χ1n) is 8.49. The van der Waals surface area contributed by atoms with E-state index in [0.29, 0.717) is 20.9 Å². The van der Waals surface area contributed by atoms with Crippen LogP contribution in [0.4, 0.5) is 5.69 Å². The lowest BCUT2D eigenvalue weighted by Gasteiger charge is -2.26. The second-order valence-electron chi connectivity index (χ2n) is 6.51. The van der Waals surface area contributed by atoms with Gasteiger partial charge in [-0.2, -0.15) is 4.99 Å². The van der Waals surface area contributed by atoms with Crippen molar-refractivity contribution in [3.05, 3.63) is 28.2 Å². The number of carbonyl (C=O) groups excluding carboxylic acids is 1. The van der Waals surface area contributed by atoms with E-state index in [1.54, 1.807) is 23.1 Å². The number of amidine groups is 1. The molecule has 0 saturated carbocycles. The maximum atomic E-state index is 12.5. The minimum Gasteiger partial charge on any atom is -0.314 e. The van der Waals surface area contributed by atoms with Crippen LogP contribution in [-0.4, -0.2) is 42.3 Å². The molecule has 1 aromatic rings. The minimum absolute atomic E-state index is 0.0195. The van der Waals surface area contributed by atoms with Crippen LogP contribution in [0.2, 0.25) is 10.0 Å². The number of rotatable bonds is 4. The van der Waals surface area contributed by atoms with Gasteiger partial charge in [-0.05, 0) is 31.0 Å². The quantitative estimate of drug-likeness (QED) is 0.715. The molecule has 0 bridgehead atoms. The molecule has 2 saturated heterocycles. The fourth-order valence-corrected chi connectivity index (χ4v) is 7.63. The number of fused-ring (bicyclic) bond motifs is 1. The van der Waals surface area contributed by atoms with Crippen LogP contribution in [0.25, 0.3) is 0 Å². The summed E-state index contributed by atoms with van der Waals surface area (Å²) in [5, 5.41) is 1.28. The normalized spacial score (nSPS) is 25.9. The Bertz CT molecular complexity index is 854. The summed E-state index contributed by atoms with van der Waals surface area (Å²) in [6.45, 7) is 3.92. The third-order valence-corrected chi connectivity index (χ3v) is 8.54. The average molecular weight is 435 g/mol. The Morgan fingerprint density at radius 2 is 2.00 bits per heavy atom. The summed E-state index contributed by atoms with van der Waals surface area (Å²) in [5.74, 6) is -0.214. The van der Waals surface area contributed by atoms with E-state index in [9.17, 15) is 13.2 Å². The van der Waals surface area contributed by atoms with Crippen LogP contribution in [0.1, 0.15) is 26.7 Å². The molecule has 1 aromatic carbocycles. The highest BCUT2D eigenvalue weighted by Crippen LogP contribution is 2.43. The van der Waals surface area contributed by atoms with Gasteiger partial charge >= 0.3 is 0 Å². The molecule has 3 rings (SSSR count). The smallest absolute Gasteiger partial charge is 0.251 e. The number of sulfone groups is 1. The topological polar surface area (TPSA) is 66.8 Å². The van der Waals surface area contributed by atoms with Crippen molar-refractivity contribution in [2.24, 2.45) is 10.9 Å². The van der Waals surface area contributed by atoms with Gasteiger partial charge in [0.1, 0.15) is 0 Å². The second-order valence-corrected chi connectivity index (χ2v) is 10.7. The molecule has 2 aliphatic rings. The number of benzene rings is 1. The van der Waals surface area contributed by atoms with Crippen molar-refractivity contribution in [3.8, 4) is 0 Å². The number of hydrogen-bond acceptors (Lipinski definition) is 4. The number of nitrogens with zero attached hydrogens (tertiary/aromatic N) is 2. The van der Waals surface area contributed by atoms with Gasteiger partial charge < -0.3 is 4.90 Å². The Morgan fingerprint density at radius 3 is 2.65 bits per heavy atom. The molecule has 0 aromatic heterocycles. The Labute approximate surface area is 168 Å². The molecular formula is C17H20Cl2N2O3S2. The van der Waals surface area contributed by atoms with Crippen molar-refractivity contribution in [3.63, 3.8) is 0 Å². The molecule has 2 heterocycles. The standard InChI is InChI=1S/C17H20Cl2N2O3S2/c1-3-10(4-2)16(22)20-17-21(13-7-11(18)5-6-12(13)19)14-8-26(23,24)9-15(14)25-17/h5-7,10,14-15H,3-4,8-9H2,1-2H3/t14-,15-/m1/s1. The summed E-state index contributed by atoms with van der Waals surface area (Å²) in [7, 11) is -3.13. The van der Waals surface area contributed by atoms with Crippen LogP contribution in [0, 0.1) is 5.92 Å². The predicted molar refractivity (Wildman–Crippen MR) is 109 cm³/mol. The Morgan fingerprint density at radius 1 is 1.31 bits per heavy atom. The van der Waals surface area contributed by atoms with Crippen molar-refractivity contribution >= 4 is 61.6 Å². The zero-order valence-electron chi connectivity index (χ0n) is 14.5. The molecule has 2 fully saturated rings. The van der Waals surface area contributed by atoms with Gasteiger partial charge in [0.2, 0.25) is 0 Å². The van der Waals surface area contributed by atoms with Gasteiger partial charge in [0.15, 0.2) is 15.0 Å². The van der Waals surface area contributed by atoms with E-state index in [2.05, 4.69) is 4.99 Å². The van der Waals surface area contributed by atoms with Crippen molar-refractivity contribution in [1.29, 1.82) is 0 Å². The van der Waals surface area contributed by atoms with Gasteiger partial charge in [-0.1, -0.05) is 48.8 Å². The van der Waals surface area contributed by atoms with Crippen molar-refractivity contribution < 1.29 is 13.2 Å². The van der Waals surface area contributed by atoms with Crippen LogP contribution < -0.4 is 4.90 Å². The molecule has 26 heavy (non-hydrogen) atoms.